The minimum Gasteiger partial charge on any atom is -0.468 e. The van der Waals surface area contributed by atoms with Crippen molar-refractivity contribution in [2.24, 2.45) is 0 Å². The molecule has 0 aliphatic carbocycles. The summed E-state index contributed by atoms with van der Waals surface area (Å²) < 4.78 is 31.3. The van der Waals surface area contributed by atoms with Crippen LogP contribution in [0.1, 0.15) is 75.0 Å². The number of carbonyl (C=O) groups excluding carboxylic acids is 1. The van der Waals surface area contributed by atoms with Gasteiger partial charge < -0.3 is 19.5 Å². The first-order valence-corrected chi connectivity index (χ1v) is 14.1. The Morgan fingerprint density at radius 3 is 2.97 bits per heavy atom. The highest BCUT2D eigenvalue weighted by Gasteiger charge is 2.37. The fraction of sp³-hybridized carbons (Fsp3) is 0.581. The first kappa shape index (κ1) is 28.5. The van der Waals surface area contributed by atoms with Crippen LogP contribution in [0.5, 0.6) is 0 Å². The number of hydrogen-bond acceptors (Lipinski definition) is 6. The van der Waals surface area contributed by atoms with Crippen LogP contribution in [0, 0.1) is 5.82 Å². The summed E-state index contributed by atoms with van der Waals surface area (Å²) in [5.41, 5.74) is 5.45. The summed E-state index contributed by atoms with van der Waals surface area (Å²) >= 11 is 0. The standard InChI is InChI=1S/C31H43FN2O4/c1-22(9-10-24-8-6-15-33-23(24)2)7-4-5-17-38-27-13-16-34(20-27)30(31(35)36-3)29-19-26(32)11-12-28(29)25-14-18-37-21-25/h9-12,19,25,27,30,33H,1,4-8,13-18,20-21H2,2-3H3/b10-9-. The quantitative estimate of drug-likeness (QED) is 0.218. The van der Waals surface area contributed by atoms with E-state index in [0.717, 1.165) is 56.2 Å². The molecule has 0 saturated carbocycles. The molecule has 3 aliphatic rings. The minimum atomic E-state index is -0.645. The molecule has 1 N–H and O–H groups in total. The number of nitrogens with one attached hydrogen (secondary N) is 1. The van der Waals surface area contributed by atoms with Gasteiger partial charge in [-0.15, -0.1) is 0 Å². The van der Waals surface area contributed by atoms with Gasteiger partial charge in [0, 0.05) is 44.5 Å². The van der Waals surface area contributed by atoms with Crippen molar-refractivity contribution >= 4 is 5.97 Å². The van der Waals surface area contributed by atoms with Crippen molar-refractivity contribution in [3.63, 3.8) is 0 Å². The molecule has 0 bridgehead atoms. The number of rotatable bonds is 12. The van der Waals surface area contributed by atoms with Crippen molar-refractivity contribution in [3.05, 3.63) is 70.7 Å². The van der Waals surface area contributed by atoms with Crippen LogP contribution in [0.25, 0.3) is 0 Å². The van der Waals surface area contributed by atoms with Crippen LogP contribution in [0.3, 0.4) is 0 Å². The zero-order valence-corrected chi connectivity index (χ0v) is 23.0. The number of methoxy groups -OCH3 is 1. The second kappa shape index (κ2) is 14.1. The maximum absolute atomic E-state index is 14.3. The molecule has 0 amide bonds. The molecule has 0 radical (unpaired) electrons. The van der Waals surface area contributed by atoms with Gasteiger partial charge in [-0.05, 0) is 80.7 Å². The van der Waals surface area contributed by atoms with E-state index in [0.29, 0.717) is 38.5 Å². The van der Waals surface area contributed by atoms with Crippen molar-refractivity contribution in [1.29, 1.82) is 0 Å². The van der Waals surface area contributed by atoms with Crippen molar-refractivity contribution < 1.29 is 23.4 Å². The molecule has 2 fully saturated rings. The molecule has 208 valence electrons. The molecule has 38 heavy (non-hydrogen) atoms. The summed E-state index contributed by atoms with van der Waals surface area (Å²) in [5, 5.41) is 3.42. The third kappa shape index (κ3) is 7.55. The van der Waals surface area contributed by atoms with Gasteiger partial charge in [0.2, 0.25) is 0 Å². The second-order valence-electron chi connectivity index (χ2n) is 10.7. The number of halogens is 1. The predicted molar refractivity (Wildman–Crippen MR) is 147 cm³/mol. The number of unbranched alkanes of at least 4 members (excludes halogenated alkanes) is 1. The van der Waals surface area contributed by atoms with E-state index in [1.165, 1.54) is 36.9 Å². The highest BCUT2D eigenvalue weighted by Crippen LogP contribution is 2.36. The van der Waals surface area contributed by atoms with Gasteiger partial charge in [-0.3, -0.25) is 4.90 Å². The lowest BCUT2D eigenvalue weighted by Gasteiger charge is -2.29. The number of benzene rings is 1. The zero-order valence-electron chi connectivity index (χ0n) is 23.0. The Labute approximate surface area is 226 Å². The van der Waals surface area contributed by atoms with Crippen molar-refractivity contribution in [3.8, 4) is 0 Å². The molecule has 0 aromatic heterocycles. The van der Waals surface area contributed by atoms with E-state index in [1.807, 2.05) is 0 Å². The lowest BCUT2D eigenvalue weighted by atomic mass is 9.89. The minimum absolute atomic E-state index is 0.0470. The molecule has 3 atom stereocenters. The molecule has 3 heterocycles. The maximum Gasteiger partial charge on any atom is 0.327 e. The van der Waals surface area contributed by atoms with Gasteiger partial charge in [-0.2, -0.15) is 0 Å². The Balaban J connectivity index is 1.26. The maximum atomic E-state index is 14.3. The van der Waals surface area contributed by atoms with Crippen LogP contribution in [-0.2, 0) is 19.0 Å². The molecule has 7 heteroatoms. The van der Waals surface area contributed by atoms with Crippen LogP contribution in [0.2, 0.25) is 0 Å². The third-order valence-corrected chi connectivity index (χ3v) is 7.94. The van der Waals surface area contributed by atoms with Crippen LogP contribution in [0.4, 0.5) is 4.39 Å². The second-order valence-corrected chi connectivity index (χ2v) is 10.7. The number of likely N-dealkylation sites (tertiary alicyclic amines) is 1. The van der Waals surface area contributed by atoms with Gasteiger partial charge >= 0.3 is 5.97 Å². The molecule has 3 aliphatic heterocycles. The summed E-state index contributed by atoms with van der Waals surface area (Å²) in [6.45, 7) is 10.7. The van der Waals surface area contributed by atoms with E-state index in [2.05, 4.69) is 35.9 Å². The largest absolute Gasteiger partial charge is 0.468 e. The molecule has 1 aromatic rings. The number of ether oxygens (including phenoxy) is 3. The Morgan fingerprint density at radius 1 is 1.34 bits per heavy atom. The summed E-state index contributed by atoms with van der Waals surface area (Å²) in [6, 6.07) is 4.12. The van der Waals surface area contributed by atoms with Crippen LogP contribution < -0.4 is 5.32 Å². The van der Waals surface area contributed by atoms with Gasteiger partial charge in [0.15, 0.2) is 0 Å². The average molecular weight is 527 g/mol. The van der Waals surface area contributed by atoms with Crippen LogP contribution in [-0.4, -0.2) is 63.5 Å². The Hall–Kier alpha value is -2.48. The zero-order chi connectivity index (χ0) is 26.9. The number of carbonyl (C=O) groups is 1. The van der Waals surface area contributed by atoms with E-state index >= 15 is 0 Å². The Morgan fingerprint density at radius 2 is 2.21 bits per heavy atom. The summed E-state index contributed by atoms with van der Waals surface area (Å²) in [5.74, 6) is -0.544. The number of allylic oxidation sites excluding steroid dienone is 5. The van der Waals surface area contributed by atoms with E-state index in [4.69, 9.17) is 14.2 Å². The average Bonchev–Trinajstić information content (AvgIpc) is 3.61. The Bertz CT molecular complexity index is 1030. The number of hydrogen-bond donors (Lipinski definition) is 1. The number of esters is 1. The first-order chi connectivity index (χ1) is 18.5. The van der Waals surface area contributed by atoms with Gasteiger partial charge in [0.1, 0.15) is 11.9 Å². The highest BCUT2D eigenvalue weighted by molar-refractivity contribution is 5.78. The third-order valence-electron chi connectivity index (χ3n) is 7.94. The van der Waals surface area contributed by atoms with E-state index in [-0.39, 0.29) is 23.8 Å². The smallest absolute Gasteiger partial charge is 0.327 e. The van der Waals surface area contributed by atoms with Crippen LogP contribution >= 0.6 is 0 Å². The van der Waals surface area contributed by atoms with Crippen molar-refractivity contribution in [2.45, 2.75) is 69.9 Å². The molecular formula is C31H43FN2O4. The summed E-state index contributed by atoms with van der Waals surface area (Å²) in [4.78, 5) is 15.0. The molecule has 1 aromatic carbocycles. The SMILES string of the molecule is C=C(/C=C\C1=C(C)NCCC1)CCCCOC1CCN(C(C(=O)OC)c2cc(F)ccc2C2CCOC2)C1. The van der Waals surface area contributed by atoms with Crippen molar-refractivity contribution in [2.75, 3.05) is 46.6 Å². The van der Waals surface area contributed by atoms with Gasteiger partial charge in [-0.1, -0.05) is 30.4 Å². The monoisotopic (exact) mass is 526 g/mol. The summed E-state index contributed by atoms with van der Waals surface area (Å²) in [6.07, 6.45) is 11.3. The summed E-state index contributed by atoms with van der Waals surface area (Å²) in [7, 11) is 1.39. The lowest BCUT2D eigenvalue weighted by molar-refractivity contribution is -0.147. The molecule has 3 unspecified atom stereocenters. The fourth-order valence-electron chi connectivity index (χ4n) is 5.71. The Kier molecular flexibility index (Phi) is 10.6. The van der Waals surface area contributed by atoms with Gasteiger partial charge in [0.25, 0.3) is 0 Å². The lowest BCUT2D eigenvalue weighted by Crippen LogP contribution is -2.35. The predicted octanol–water partition coefficient (Wildman–Crippen LogP) is 5.57. The molecule has 2 saturated heterocycles. The molecule has 0 spiro atoms. The van der Waals surface area contributed by atoms with E-state index in [1.54, 1.807) is 6.07 Å². The molecular weight excluding hydrogens is 483 g/mol. The molecule has 6 nitrogen and oxygen atoms in total. The molecule has 4 rings (SSSR count). The number of nitrogens with zero attached hydrogens (tertiary/aromatic N) is 1. The first-order valence-electron chi connectivity index (χ1n) is 14.1. The topological polar surface area (TPSA) is 60.0 Å². The highest BCUT2D eigenvalue weighted by atomic mass is 19.1. The van der Waals surface area contributed by atoms with Crippen LogP contribution in [0.15, 0.2) is 53.8 Å². The van der Waals surface area contributed by atoms with Gasteiger partial charge in [-0.25, -0.2) is 9.18 Å². The fourth-order valence-corrected chi connectivity index (χ4v) is 5.71. The normalized spacial score (nSPS) is 23.1. The van der Waals surface area contributed by atoms with Gasteiger partial charge in [0.05, 0.1) is 19.8 Å². The van der Waals surface area contributed by atoms with E-state index < -0.39 is 6.04 Å². The van der Waals surface area contributed by atoms with E-state index in [9.17, 15) is 9.18 Å². The van der Waals surface area contributed by atoms with Crippen molar-refractivity contribution in [1.82, 2.24) is 10.2 Å².